The number of ether oxygens (including phenoxy) is 1. The number of carbonyl (C=O) groups excluding carboxylic acids is 1. The van der Waals surface area contributed by atoms with Crippen molar-refractivity contribution < 1.29 is 9.53 Å². The van der Waals surface area contributed by atoms with Gasteiger partial charge in [0.05, 0.1) is 12.4 Å². The third-order valence-electron chi connectivity index (χ3n) is 4.49. The normalized spacial score (nSPS) is 16.2. The number of hydrogen-bond acceptors (Lipinski definition) is 5. The Morgan fingerprint density at radius 2 is 2.04 bits per heavy atom. The van der Waals surface area contributed by atoms with Crippen LogP contribution < -0.4 is 4.74 Å². The second kappa shape index (κ2) is 7.83. The molecule has 2 aromatic rings. The Balaban J connectivity index is 1.58. The zero-order valence-corrected chi connectivity index (χ0v) is 14.9. The first-order chi connectivity index (χ1) is 11.7. The molecule has 1 fully saturated rings. The molecule has 3 rings (SSSR count). The molecule has 1 saturated carbocycles. The third-order valence-corrected chi connectivity index (χ3v) is 5.45. The first-order valence-electron chi connectivity index (χ1n) is 8.42. The van der Waals surface area contributed by atoms with Crippen LogP contribution in [0.3, 0.4) is 0 Å². The molecule has 0 saturated heterocycles. The van der Waals surface area contributed by atoms with Crippen molar-refractivity contribution in [3.63, 3.8) is 0 Å². The molecule has 128 valence electrons. The molecule has 0 radical (unpaired) electrons. The van der Waals surface area contributed by atoms with Crippen molar-refractivity contribution in [3.05, 3.63) is 35.7 Å². The molecule has 1 atom stereocenters. The van der Waals surface area contributed by atoms with Gasteiger partial charge in [0.2, 0.25) is 5.16 Å². The molecule has 0 amide bonds. The molecule has 1 N–H and O–H groups in total. The highest BCUT2D eigenvalue weighted by atomic mass is 32.2. The lowest BCUT2D eigenvalue weighted by Crippen LogP contribution is -2.13. The van der Waals surface area contributed by atoms with Gasteiger partial charge in [-0.2, -0.15) is 0 Å². The van der Waals surface area contributed by atoms with Crippen LogP contribution in [0.25, 0.3) is 0 Å². The minimum Gasteiger partial charge on any atom is -0.497 e. The van der Waals surface area contributed by atoms with Crippen LogP contribution in [0.2, 0.25) is 0 Å². The largest absolute Gasteiger partial charge is 0.497 e. The predicted octanol–water partition coefficient (Wildman–Crippen LogP) is 3.91. The fraction of sp³-hybridized carbons (Fsp3) is 0.500. The van der Waals surface area contributed by atoms with Crippen molar-refractivity contribution in [2.45, 2.75) is 49.4 Å². The number of hydrogen-bond donors (Lipinski definition) is 1. The van der Waals surface area contributed by atoms with E-state index in [0.717, 1.165) is 23.9 Å². The van der Waals surface area contributed by atoms with Gasteiger partial charge in [0, 0.05) is 12.0 Å². The maximum Gasteiger partial charge on any atom is 0.209 e. The van der Waals surface area contributed by atoms with E-state index in [1.165, 1.54) is 37.4 Å². The number of aromatic amines is 1. The summed E-state index contributed by atoms with van der Waals surface area (Å²) in [6.45, 7) is 1.89. The fourth-order valence-electron chi connectivity index (χ4n) is 3.11. The Kier molecular flexibility index (Phi) is 5.56. The molecule has 0 spiro atoms. The highest BCUT2D eigenvalue weighted by Crippen LogP contribution is 2.28. The van der Waals surface area contributed by atoms with Gasteiger partial charge in [0.1, 0.15) is 11.6 Å². The SMILES string of the molecule is COc1ccc(C(=O)C(C)Sc2n[nH]c(CC3CCCC3)n2)cc1. The molecular weight excluding hydrogens is 322 g/mol. The van der Waals surface area contributed by atoms with Crippen LogP contribution in [0.4, 0.5) is 0 Å². The number of methoxy groups -OCH3 is 1. The van der Waals surface area contributed by atoms with E-state index < -0.39 is 0 Å². The molecule has 1 aliphatic carbocycles. The van der Waals surface area contributed by atoms with E-state index in [1.54, 1.807) is 31.4 Å². The van der Waals surface area contributed by atoms with Crippen LogP contribution in [0, 0.1) is 5.92 Å². The van der Waals surface area contributed by atoms with Crippen LogP contribution in [0.5, 0.6) is 5.75 Å². The zero-order valence-electron chi connectivity index (χ0n) is 14.1. The number of nitrogens with zero attached hydrogens (tertiary/aromatic N) is 2. The van der Waals surface area contributed by atoms with Gasteiger partial charge in [-0.15, -0.1) is 5.10 Å². The average molecular weight is 345 g/mol. The van der Waals surface area contributed by atoms with Gasteiger partial charge in [-0.25, -0.2) is 4.98 Å². The molecule has 24 heavy (non-hydrogen) atoms. The minimum absolute atomic E-state index is 0.0739. The van der Waals surface area contributed by atoms with Gasteiger partial charge in [-0.05, 0) is 37.1 Å². The maximum absolute atomic E-state index is 12.5. The first kappa shape index (κ1) is 17.0. The molecule has 1 aliphatic rings. The highest BCUT2D eigenvalue weighted by Gasteiger charge is 2.20. The van der Waals surface area contributed by atoms with Crippen molar-refractivity contribution in [1.29, 1.82) is 0 Å². The number of rotatable bonds is 7. The lowest BCUT2D eigenvalue weighted by molar-refractivity contribution is 0.0994. The van der Waals surface area contributed by atoms with E-state index in [-0.39, 0.29) is 11.0 Å². The Bertz CT molecular complexity index is 678. The molecule has 1 unspecified atom stereocenters. The van der Waals surface area contributed by atoms with Crippen LogP contribution in [-0.2, 0) is 6.42 Å². The summed E-state index contributed by atoms with van der Waals surface area (Å²) in [5, 5.41) is 7.70. The molecule has 6 heteroatoms. The van der Waals surface area contributed by atoms with E-state index in [4.69, 9.17) is 4.74 Å². The standard InChI is InChI=1S/C18H23N3O2S/c1-12(17(22)14-7-9-15(23-2)10-8-14)24-18-19-16(20-21-18)11-13-5-3-4-6-13/h7-10,12-13H,3-6,11H2,1-2H3,(H,19,20,21). The molecule has 0 aliphatic heterocycles. The summed E-state index contributed by atoms with van der Waals surface area (Å²) in [5.74, 6) is 2.49. The minimum atomic E-state index is -0.228. The molecular formula is C18H23N3O2S. The molecule has 5 nitrogen and oxygen atoms in total. The van der Waals surface area contributed by atoms with Crippen LogP contribution in [0.15, 0.2) is 29.4 Å². The number of carbonyl (C=O) groups is 1. The second-order valence-electron chi connectivity index (χ2n) is 6.27. The number of thioether (sulfide) groups is 1. The van der Waals surface area contributed by atoms with Crippen LogP contribution >= 0.6 is 11.8 Å². The van der Waals surface area contributed by atoms with E-state index in [1.807, 2.05) is 6.92 Å². The average Bonchev–Trinajstić information content (AvgIpc) is 3.27. The highest BCUT2D eigenvalue weighted by molar-refractivity contribution is 8.00. The predicted molar refractivity (Wildman–Crippen MR) is 94.7 cm³/mol. The van der Waals surface area contributed by atoms with E-state index in [0.29, 0.717) is 10.7 Å². The summed E-state index contributed by atoms with van der Waals surface area (Å²) in [5.41, 5.74) is 0.678. The van der Waals surface area contributed by atoms with E-state index in [2.05, 4.69) is 15.2 Å². The molecule has 1 aromatic heterocycles. The summed E-state index contributed by atoms with van der Waals surface area (Å²) in [4.78, 5) is 17.0. The molecule has 1 aromatic carbocycles. The number of aromatic nitrogens is 3. The zero-order chi connectivity index (χ0) is 16.9. The van der Waals surface area contributed by atoms with Crippen LogP contribution in [-0.4, -0.2) is 33.3 Å². The molecule has 1 heterocycles. The number of H-pyrrole nitrogens is 1. The lowest BCUT2D eigenvalue weighted by atomic mass is 10.0. The molecule has 0 bridgehead atoms. The third kappa shape index (κ3) is 4.17. The van der Waals surface area contributed by atoms with E-state index >= 15 is 0 Å². The number of nitrogens with one attached hydrogen (secondary N) is 1. The van der Waals surface area contributed by atoms with Gasteiger partial charge in [0.25, 0.3) is 0 Å². The Morgan fingerprint density at radius 1 is 1.33 bits per heavy atom. The number of Topliss-reactive ketones (excluding diaryl/α,β-unsaturated/α-hetero) is 1. The monoisotopic (exact) mass is 345 g/mol. The van der Waals surface area contributed by atoms with Gasteiger partial charge in [-0.3, -0.25) is 9.89 Å². The Hall–Kier alpha value is -1.82. The lowest BCUT2D eigenvalue weighted by Gasteiger charge is -2.08. The summed E-state index contributed by atoms with van der Waals surface area (Å²) < 4.78 is 5.12. The topological polar surface area (TPSA) is 67.9 Å². The summed E-state index contributed by atoms with van der Waals surface area (Å²) in [7, 11) is 1.61. The van der Waals surface area contributed by atoms with Crippen molar-refractivity contribution in [3.8, 4) is 5.75 Å². The summed E-state index contributed by atoms with van der Waals surface area (Å²) in [6.07, 6.45) is 6.20. The van der Waals surface area contributed by atoms with Gasteiger partial charge >= 0.3 is 0 Å². The second-order valence-corrected chi connectivity index (χ2v) is 7.58. The van der Waals surface area contributed by atoms with Gasteiger partial charge in [0.15, 0.2) is 5.78 Å². The van der Waals surface area contributed by atoms with Gasteiger partial charge in [-0.1, -0.05) is 37.4 Å². The van der Waals surface area contributed by atoms with Crippen LogP contribution in [0.1, 0.15) is 48.8 Å². The van der Waals surface area contributed by atoms with Crippen molar-refractivity contribution in [2.24, 2.45) is 5.92 Å². The Labute approximate surface area is 146 Å². The van der Waals surface area contributed by atoms with Crippen molar-refractivity contribution >= 4 is 17.5 Å². The van der Waals surface area contributed by atoms with E-state index in [9.17, 15) is 4.79 Å². The fourth-order valence-corrected chi connectivity index (χ4v) is 3.93. The maximum atomic E-state index is 12.5. The smallest absolute Gasteiger partial charge is 0.209 e. The number of ketones is 1. The van der Waals surface area contributed by atoms with Crippen molar-refractivity contribution in [1.82, 2.24) is 15.2 Å². The first-order valence-corrected chi connectivity index (χ1v) is 9.30. The quantitative estimate of drug-likeness (QED) is 0.609. The summed E-state index contributed by atoms with van der Waals surface area (Å²) in [6, 6.07) is 7.19. The van der Waals surface area contributed by atoms with Gasteiger partial charge < -0.3 is 4.74 Å². The summed E-state index contributed by atoms with van der Waals surface area (Å²) >= 11 is 1.40. The number of benzene rings is 1. The van der Waals surface area contributed by atoms with Crippen molar-refractivity contribution in [2.75, 3.05) is 7.11 Å². The Morgan fingerprint density at radius 3 is 2.71 bits per heavy atom.